The van der Waals surface area contributed by atoms with Crippen molar-refractivity contribution in [2.45, 2.75) is 24.8 Å². The van der Waals surface area contributed by atoms with E-state index in [1.54, 1.807) is 6.07 Å². The highest BCUT2D eigenvalue weighted by molar-refractivity contribution is 7.81. The highest BCUT2D eigenvalue weighted by Gasteiger charge is 2.41. The first-order chi connectivity index (χ1) is 10.3. The van der Waals surface area contributed by atoms with Gasteiger partial charge in [0.05, 0.1) is 12.7 Å². The Labute approximate surface area is 126 Å². The van der Waals surface area contributed by atoms with E-state index in [-0.39, 0.29) is 11.1 Å². The Bertz CT molecular complexity index is 694. The van der Waals surface area contributed by atoms with Crippen LogP contribution in [0.15, 0.2) is 6.07 Å². The standard InChI is InChI=1S/C13H10F3NO4S/c1-20-12(18)10-9-4-2-3-7(9)5-8(6-17)11(10)21-22(19)13(14,15)16/h5H,2-4H2,1H3. The number of methoxy groups -OCH3 is 1. The smallest absolute Gasteiger partial charge is 0.465 e. The van der Waals surface area contributed by atoms with Crippen molar-refractivity contribution in [1.82, 2.24) is 0 Å². The zero-order chi connectivity index (χ0) is 16.5. The van der Waals surface area contributed by atoms with Crippen molar-refractivity contribution in [3.8, 4) is 11.8 Å². The molecule has 0 bridgehead atoms. The molecule has 5 nitrogen and oxygen atoms in total. The number of esters is 1. The normalized spacial score (nSPS) is 14.9. The van der Waals surface area contributed by atoms with Gasteiger partial charge in [-0.05, 0) is 36.5 Å². The Morgan fingerprint density at radius 2 is 2.09 bits per heavy atom. The van der Waals surface area contributed by atoms with Crippen LogP contribution in [0.3, 0.4) is 0 Å². The Morgan fingerprint density at radius 1 is 1.41 bits per heavy atom. The lowest BCUT2D eigenvalue weighted by atomic mass is 9.98. The summed E-state index contributed by atoms with van der Waals surface area (Å²) in [5, 5.41) is 9.08. The lowest BCUT2D eigenvalue weighted by Crippen LogP contribution is -2.23. The van der Waals surface area contributed by atoms with E-state index < -0.39 is 28.3 Å². The fraction of sp³-hybridized carbons (Fsp3) is 0.385. The molecule has 0 fully saturated rings. The Balaban J connectivity index is 2.63. The monoisotopic (exact) mass is 333 g/mol. The maximum absolute atomic E-state index is 12.4. The molecule has 0 saturated heterocycles. The predicted octanol–water partition coefficient (Wildman–Crippen LogP) is 2.40. The quantitative estimate of drug-likeness (QED) is 0.794. The molecule has 1 aromatic rings. The van der Waals surface area contributed by atoms with Crippen LogP contribution in [0.2, 0.25) is 0 Å². The van der Waals surface area contributed by atoms with Gasteiger partial charge in [-0.2, -0.15) is 18.4 Å². The fourth-order valence-electron chi connectivity index (χ4n) is 2.33. The summed E-state index contributed by atoms with van der Waals surface area (Å²) < 4.78 is 57.4. The Kier molecular flexibility index (Phi) is 4.42. The molecule has 118 valence electrons. The third-order valence-electron chi connectivity index (χ3n) is 3.21. The lowest BCUT2D eigenvalue weighted by Gasteiger charge is -2.15. The molecule has 1 atom stereocenters. The number of hydrogen-bond acceptors (Lipinski definition) is 5. The van der Waals surface area contributed by atoms with E-state index in [2.05, 4.69) is 8.92 Å². The van der Waals surface area contributed by atoms with Gasteiger partial charge in [-0.15, -0.1) is 0 Å². The van der Waals surface area contributed by atoms with E-state index in [0.717, 1.165) is 7.11 Å². The summed E-state index contributed by atoms with van der Waals surface area (Å²) in [5.74, 6) is -1.57. The summed E-state index contributed by atoms with van der Waals surface area (Å²) in [6.07, 6.45) is 1.73. The number of aryl methyl sites for hydroxylation is 1. The summed E-state index contributed by atoms with van der Waals surface area (Å²) in [4.78, 5) is 11.9. The van der Waals surface area contributed by atoms with Crippen LogP contribution in [0.5, 0.6) is 5.75 Å². The number of carbonyl (C=O) groups excluding carboxylic acids is 1. The Morgan fingerprint density at radius 3 is 2.64 bits per heavy atom. The van der Waals surface area contributed by atoms with Crippen LogP contribution in [0, 0.1) is 11.3 Å². The SMILES string of the molecule is COC(=O)c1c2c(cc(C#N)c1OS(=O)C(F)(F)F)CCC2. The topological polar surface area (TPSA) is 76.4 Å². The fourth-order valence-corrected chi connectivity index (χ4v) is 2.75. The molecule has 9 heteroatoms. The molecule has 22 heavy (non-hydrogen) atoms. The minimum atomic E-state index is -5.13. The minimum Gasteiger partial charge on any atom is -0.465 e. The van der Waals surface area contributed by atoms with E-state index in [0.29, 0.717) is 30.4 Å². The highest BCUT2D eigenvalue weighted by Crippen LogP contribution is 2.37. The number of fused-ring (bicyclic) bond motifs is 1. The number of halogens is 3. The van der Waals surface area contributed by atoms with Gasteiger partial charge in [-0.3, -0.25) is 0 Å². The van der Waals surface area contributed by atoms with Crippen LogP contribution in [0.25, 0.3) is 0 Å². The van der Waals surface area contributed by atoms with Gasteiger partial charge in [0, 0.05) is 0 Å². The van der Waals surface area contributed by atoms with Crippen LogP contribution in [0.4, 0.5) is 13.2 Å². The third kappa shape index (κ3) is 2.92. The molecule has 0 spiro atoms. The Hall–Kier alpha value is -2.08. The molecule has 2 rings (SSSR count). The van der Waals surface area contributed by atoms with E-state index in [1.807, 2.05) is 0 Å². The molecule has 1 unspecified atom stereocenters. The van der Waals surface area contributed by atoms with Crippen molar-refractivity contribution in [2.24, 2.45) is 0 Å². The minimum absolute atomic E-state index is 0.258. The summed E-state index contributed by atoms with van der Waals surface area (Å²) in [7, 11) is 1.06. The van der Waals surface area contributed by atoms with E-state index in [9.17, 15) is 22.2 Å². The molecule has 1 aliphatic rings. The number of ether oxygens (including phenoxy) is 1. The first kappa shape index (κ1) is 16.3. The van der Waals surface area contributed by atoms with Crippen molar-refractivity contribution in [2.75, 3.05) is 7.11 Å². The van der Waals surface area contributed by atoms with Gasteiger partial charge in [0.25, 0.3) is 0 Å². The third-order valence-corrected chi connectivity index (χ3v) is 3.91. The second-order valence-corrected chi connectivity index (χ2v) is 5.59. The zero-order valence-corrected chi connectivity index (χ0v) is 12.1. The van der Waals surface area contributed by atoms with Crippen molar-refractivity contribution in [3.63, 3.8) is 0 Å². The molecular formula is C13H10F3NO4S. The molecule has 1 aromatic carbocycles. The summed E-state index contributed by atoms with van der Waals surface area (Å²) in [6, 6.07) is 3.03. The van der Waals surface area contributed by atoms with Crippen LogP contribution in [-0.2, 0) is 28.7 Å². The second-order valence-electron chi connectivity index (χ2n) is 4.49. The van der Waals surface area contributed by atoms with Gasteiger partial charge in [0.15, 0.2) is 5.75 Å². The molecule has 0 aromatic heterocycles. The van der Waals surface area contributed by atoms with E-state index in [1.165, 1.54) is 6.07 Å². The van der Waals surface area contributed by atoms with E-state index >= 15 is 0 Å². The lowest BCUT2D eigenvalue weighted by molar-refractivity contribution is -0.0438. The van der Waals surface area contributed by atoms with E-state index in [4.69, 9.17) is 5.26 Å². The largest absolute Gasteiger partial charge is 0.508 e. The summed E-state index contributed by atoms with van der Waals surface area (Å²) in [6.45, 7) is 0. The number of alkyl halides is 3. The van der Waals surface area contributed by atoms with Gasteiger partial charge in [0.1, 0.15) is 11.6 Å². The summed E-state index contributed by atoms with van der Waals surface area (Å²) >= 11 is -3.68. The van der Waals surface area contributed by atoms with Gasteiger partial charge in [-0.25, -0.2) is 9.00 Å². The number of benzene rings is 1. The van der Waals surface area contributed by atoms with Gasteiger partial charge in [0.2, 0.25) is 0 Å². The van der Waals surface area contributed by atoms with Gasteiger partial charge < -0.3 is 8.92 Å². The number of nitriles is 1. The average molecular weight is 333 g/mol. The van der Waals surface area contributed by atoms with Crippen LogP contribution < -0.4 is 4.18 Å². The number of nitrogens with zero attached hydrogens (tertiary/aromatic N) is 1. The van der Waals surface area contributed by atoms with Gasteiger partial charge >= 0.3 is 22.6 Å². The molecule has 0 radical (unpaired) electrons. The first-order valence-electron chi connectivity index (χ1n) is 6.13. The predicted molar refractivity (Wildman–Crippen MR) is 69.3 cm³/mol. The maximum atomic E-state index is 12.4. The number of rotatable bonds is 3. The van der Waals surface area contributed by atoms with Crippen molar-refractivity contribution >= 4 is 17.0 Å². The molecular weight excluding hydrogens is 323 g/mol. The average Bonchev–Trinajstić information content (AvgIpc) is 2.92. The first-order valence-corrected chi connectivity index (χ1v) is 7.21. The zero-order valence-electron chi connectivity index (χ0n) is 11.3. The highest BCUT2D eigenvalue weighted by atomic mass is 32.2. The van der Waals surface area contributed by atoms with Crippen molar-refractivity contribution in [3.05, 3.63) is 28.3 Å². The van der Waals surface area contributed by atoms with Crippen LogP contribution in [0.1, 0.15) is 33.5 Å². The molecule has 0 aliphatic heterocycles. The second kappa shape index (κ2) is 5.96. The maximum Gasteiger partial charge on any atom is 0.508 e. The number of carbonyl (C=O) groups is 1. The molecule has 0 N–H and O–H groups in total. The van der Waals surface area contributed by atoms with Crippen LogP contribution >= 0.6 is 0 Å². The van der Waals surface area contributed by atoms with Crippen LogP contribution in [-0.4, -0.2) is 22.8 Å². The summed E-state index contributed by atoms with van der Waals surface area (Å²) in [5.41, 5.74) is -4.51. The van der Waals surface area contributed by atoms with Crippen molar-refractivity contribution < 1.29 is 31.1 Å². The molecule has 0 amide bonds. The van der Waals surface area contributed by atoms with Crippen molar-refractivity contribution in [1.29, 1.82) is 5.26 Å². The molecule has 0 heterocycles. The molecule has 1 aliphatic carbocycles. The number of hydrogen-bond donors (Lipinski definition) is 0. The van der Waals surface area contributed by atoms with Gasteiger partial charge in [-0.1, -0.05) is 0 Å². The molecule has 0 saturated carbocycles.